The molecular formula is C10H20N2S2. The lowest BCUT2D eigenvalue weighted by Gasteiger charge is -2.26. The maximum Gasteiger partial charge on any atom is 0.0265 e. The molecule has 0 aliphatic carbocycles. The van der Waals surface area contributed by atoms with Gasteiger partial charge in [0, 0.05) is 35.6 Å². The molecule has 2 saturated heterocycles. The first-order valence-corrected chi connectivity index (χ1v) is 7.70. The molecule has 0 spiro atoms. The van der Waals surface area contributed by atoms with Crippen molar-refractivity contribution in [2.75, 3.05) is 43.4 Å². The first-order chi connectivity index (χ1) is 6.88. The van der Waals surface area contributed by atoms with E-state index in [4.69, 9.17) is 5.73 Å². The molecule has 0 radical (unpaired) electrons. The van der Waals surface area contributed by atoms with E-state index in [-0.39, 0.29) is 0 Å². The Morgan fingerprint density at radius 2 is 2.29 bits per heavy atom. The third-order valence-corrected chi connectivity index (χ3v) is 5.88. The average molecular weight is 232 g/mol. The molecule has 82 valence electrons. The molecule has 2 unspecified atom stereocenters. The van der Waals surface area contributed by atoms with Gasteiger partial charge >= 0.3 is 0 Å². The van der Waals surface area contributed by atoms with Crippen molar-refractivity contribution in [1.82, 2.24) is 4.90 Å². The number of likely N-dealkylation sites (tertiary alicyclic amines) is 1. The molecule has 2 atom stereocenters. The van der Waals surface area contributed by atoms with Crippen molar-refractivity contribution in [3.8, 4) is 0 Å². The Hall–Kier alpha value is 0.620. The van der Waals surface area contributed by atoms with E-state index in [0.717, 1.165) is 17.7 Å². The Bertz CT molecular complexity index is 172. The first kappa shape index (κ1) is 11.1. The standard InChI is InChI=1S/C10H20N2S2/c11-5-9-1-2-12(6-9)7-10-8-13-3-4-14-10/h9-10H,1-8,11H2. The van der Waals surface area contributed by atoms with Crippen LogP contribution in [0.25, 0.3) is 0 Å². The lowest BCUT2D eigenvalue weighted by Crippen LogP contribution is -2.32. The van der Waals surface area contributed by atoms with E-state index >= 15 is 0 Å². The maximum absolute atomic E-state index is 5.69. The number of nitrogens with zero attached hydrogens (tertiary/aromatic N) is 1. The molecule has 0 aromatic carbocycles. The van der Waals surface area contributed by atoms with E-state index in [1.165, 1.54) is 43.3 Å². The molecule has 2 heterocycles. The summed E-state index contributed by atoms with van der Waals surface area (Å²) < 4.78 is 0. The molecule has 0 saturated carbocycles. The summed E-state index contributed by atoms with van der Waals surface area (Å²) >= 11 is 4.29. The van der Waals surface area contributed by atoms with Crippen LogP contribution in [0.3, 0.4) is 0 Å². The van der Waals surface area contributed by atoms with Gasteiger partial charge in [-0.25, -0.2) is 0 Å². The summed E-state index contributed by atoms with van der Waals surface area (Å²) in [4.78, 5) is 2.61. The van der Waals surface area contributed by atoms with Crippen LogP contribution in [0.15, 0.2) is 0 Å². The van der Waals surface area contributed by atoms with Gasteiger partial charge in [-0.05, 0) is 25.4 Å². The van der Waals surface area contributed by atoms with Crippen molar-refractivity contribution in [2.45, 2.75) is 11.7 Å². The lowest BCUT2D eigenvalue weighted by atomic mass is 10.1. The molecule has 2 rings (SSSR count). The van der Waals surface area contributed by atoms with Gasteiger partial charge in [-0.1, -0.05) is 0 Å². The van der Waals surface area contributed by atoms with Gasteiger partial charge < -0.3 is 10.6 Å². The van der Waals surface area contributed by atoms with Crippen molar-refractivity contribution in [1.29, 1.82) is 0 Å². The zero-order valence-corrected chi connectivity index (χ0v) is 10.3. The largest absolute Gasteiger partial charge is 0.330 e. The fourth-order valence-electron chi connectivity index (χ4n) is 2.20. The average Bonchev–Trinajstić information content (AvgIpc) is 2.67. The van der Waals surface area contributed by atoms with Gasteiger partial charge in [-0.15, -0.1) is 0 Å². The smallest absolute Gasteiger partial charge is 0.0265 e. The topological polar surface area (TPSA) is 29.3 Å². The van der Waals surface area contributed by atoms with Gasteiger partial charge in [0.25, 0.3) is 0 Å². The van der Waals surface area contributed by atoms with Crippen LogP contribution in [-0.4, -0.2) is 53.6 Å². The van der Waals surface area contributed by atoms with E-state index in [0.29, 0.717) is 0 Å². The zero-order valence-electron chi connectivity index (χ0n) is 8.65. The highest BCUT2D eigenvalue weighted by Crippen LogP contribution is 2.26. The highest BCUT2D eigenvalue weighted by Gasteiger charge is 2.24. The number of thioether (sulfide) groups is 2. The van der Waals surface area contributed by atoms with Crippen LogP contribution in [0, 0.1) is 5.92 Å². The molecule has 14 heavy (non-hydrogen) atoms. The monoisotopic (exact) mass is 232 g/mol. The molecule has 2 N–H and O–H groups in total. The quantitative estimate of drug-likeness (QED) is 0.789. The predicted octanol–water partition coefficient (Wildman–Crippen LogP) is 1.12. The normalized spacial score (nSPS) is 34.9. The van der Waals surface area contributed by atoms with Crippen LogP contribution >= 0.6 is 23.5 Å². The lowest BCUT2D eigenvalue weighted by molar-refractivity contribution is 0.330. The van der Waals surface area contributed by atoms with Gasteiger partial charge in [-0.3, -0.25) is 0 Å². The van der Waals surface area contributed by atoms with E-state index in [9.17, 15) is 0 Å². The second-order valence-corrected chi connectivity index (χ2v) is 6.78. The van der Waals surface area contributed by atoms with Crippen molar-refractivity contribution in [3.63, 3.8) is 0 Å². The van der Waals surface area contributed by atoms with Gasteiger partial charge in [0.2, 0.25) is 0 Å². The highest BCUT2D eigenvalue weighted by atomic mass is 32.2. The SMILES string of the molecule is NCC1CCN(CC2CSCCS2)C1. The molecule has 4 heteroatoms. The number of hydrogen-bond acceptors (Lipinski definition) is 4. The van der Waals surface area contributed by atoms with Crippen LogP contribution in [0.1, 0.15) is 6.42 Å². The molecule has 2 nitrogen and oxygen atoms in total. The fourth-order valence-corrected chi connectivity index (χ4v) is 4.92. The van der Waals surface area contributed by atoms with Crippen LogP contribution in [-0.2, 0) is 0 Å². The summed E-state index contributed by atoms with van der Waals surface area (Å²) in [5.41, 5.74) is 5.69. The number of rotatable bonds is 3. The summed E-state index contributed by atoms with van der Waals surface area (Å²) in [5, 5.41) is 0.880. The van der Waals surface area contributed by atoms with E-state index in [2.05, 4.69) is 28.4 Å². The molecule has 2 fully saturated rings. The zero-order chi connectivity index (χ0) is 9.80. The Morgan fingerprint density at radius 1 is 1.36 bits per heavy atom. The second kappa shape index (κ2) is 5.64. The third kappa shape index (κ3) is 3.05. The minimum absolute atomic E-state index is 0.774. The van der Waals surface area contributed by atoms with Gasteiger partial charge in [0.15, 0.2) is 0 Å². The van der Waals surface area contributed by atoms with Gasteiger partial charge in [0.05, 0.1) is 0 Å². The van der Waals surface area contributed by atoms with Crippen molar-refractivity contribution in [2.24, 2.45) is 11.7 Å². The molecule has 2 aliphatic rings. The van der Waals surface area contributed by atoms with Crippen LogP contribution < -0.4 is 5.73 Å². The Balaban J connectivity index is 1.69. The summed E-state index contributed by atoms with van der Waals surface area (Å²) in [6.07, 6.45) is 1.32. The molecular weight excluding hydrogens is 212 g/mol. The second-order valence-electron chi connectivity index (χ2n) is 4.22. The van der Waals surface area contributed by atoms with E-state index in [1.54, 1.807) is 0 Å². The fraction of sp³-hybridized carbons (Fsp3) is 1.00. The van der Waals surface area contributed by atoms with Crippen LogP contribution in [0.4, 0.5) is 0 Å². The Labute approximate surface area is 95.4 Å². The van der Waals surface area contributed by atoms with E-state index < -0.39 is 0 Å². The summed E-state index contributed by atoms with van der Waals surface area (Å²) in [6.45, 7) is 4.71. The molecule has 2 aliphatic heterocycles. The van der Waals surface area contributed by atoms with Gasteiger partial charge in [0.1, 0.15) is 0 Å². The van der Waals surface area contributed by atoms with E-state index in [1.807, 2.05) is 0 Å². The number of nitrogens with two attached hydrogens (primary N) is 1. The van der Waals surface area contributed by atoms with Crippen LogP contribution in [0.2, 0.25) is 0 Å². The van der Waals surface area contributed by atoms with Crippen LogP contribution in [0.5, 0.6) is 0 Å². The van der Waals surface area contributed by atoms with Crippen molar-refractivity contribution < 1.29 is 0 Å². The number of hydrogen-bond donors (Lipinski definition) is 1. The molecule has 0 aromatic rings. The summed E-state index contributed by atoms with van der Waals surface area (Å²) in [6, 6.07) is 0. The highest BCUT2D eigenvalue weighted by molar-refractivity contribution is 8.06. The molecule has 0 aromatic heterocycles. The third-order valence-electron chi connectivity index (χ3n) is 3.05. The summed E-state index contributed by atoms with van der Waals surface area (Å²) in [5.74, 6) is 4.83. The Morgan fingerprint density at radius 3 is 2.93 bits per heavy atom. The minimum atomic E-state index is 0.774. The Kier molecular flexibility index (Phi) is 4.47. The van der Waals surface area contributed by atoms with Gasteiger partial charge in [-0.2, -0.15) is 23.5 Å². The predicted molar refractivity (Wildman–Crippen MR) is 67.2 cm³/mol. The van der Waals surface area contributed by atoms with Crippen molar-refractivity contribution in [3.05, 3.63) is 0 Å². The summed E-state index contributed by atoms with van der Waals surface area (Å²) in [7, 11) is 0. The first-order valence-electron chi connectivity index (χ1n) is 5.50. The van der Waals surface area contributed by atoms with Crippen molar-refractivity contribution >= 4 is 23.5 Å². The minimum Gasteiger partial charge on any atom is -0.330 e. The molecule has 0 amide bonds. The molecule has 0 bridgehead atoms. The maximum atomic E-state index is 5.69.